The number of hydrogen-bond acceptors (Lipinski definition) is 3. The van der Waals surface area contributed by atoms with E-state index in [0.717, 1.165) is 18.4 Å². The minimum atomic E-state index is -0.338. The van der Waals surface area contributed by atoms with Gasteiger partial charge in [0.1, 0.15) is 11.5 Å². The van der Waals surface area contributed by atoms with Crippen LogP contribution in [0.15, 0.2) is 36.7 Å². The molecule has 1 saturated heterocycles. The van der Waals surface area contributed by atoms with E-state index >= 15 is 0 Å². The van der Waals surface area contributed by atoms with Crippen LogP contribution >= 0.6 is 0 Å². The minimum absolute atomic E-state index is 0.0966. The van der Waals surface area contributed by atoms with E-state index in [-0.39, 0.29) is 24.0 Å². The quantitative estimate of drug-likeness (QED) is 0.926. The number of rotatable bonds is 4. The molecule has 1 fully saturated rings. The Labute approximate surface area is 146 Å². The molecule has 2 amide bonds. The standard InChI is InChI=1S/C18H23FN4O2/c1-13(21-18(24)22-9-7-15(25-2)8-10-22)14-11-20-23(12-14)17-6-4-3-5-16(17)19/h3-6,11-13,15H,7-10H2,1-2H3,(H,21,24). The lowest BCUT2D eigenvalue weighted by molar-refractivity contribution is 0.0500. The van der Waals surface area contributed by atoms with E-state index in [1.54, 1.807) is 42.6 Å². The number of piperidine rings is 1. The molecule has 2 heterocycles. The number of para-hydroxylation sites is 1. The summed E-state index contributed by atoms with van der Waals surface area (Å²) in [4.78, 5) is 14.2. The third kappa shape index (κ3) is 3.99. The fourth-order valence-corrected chi connectivity index (χ4v) is 2.98. The first-order valence-electron chi connectivity index (χ1n) is 8.46. The summed E-state index contributed by atoms with van der Waals surface area (Å²) in [6, 6.07) is 6.14. The Morgan fingerprint density at radius 2 is 2.08 bits per heavy atom. The largest absolute Gasteiger partial charge is 0.381 e. The van der Waals surface area contributed by atoms with Crippen LogP contribution in [0, 0.1) is 5.82 Å². The van der Waals surface area contributed by atoms with Crippen molar-refractivity contribution >= 4 is 6.03 Å². The van der Waals surface area contributed by atoms with Crippen molar-refractivity contribution in [3.8, 4) is 5.69 Å². The smallest absolute Gasteiger partial charge is 0.317 e. The number of benzene rings is 1. The van der Waals surface area contributed by atoms with Crippen LogP contribution in [0.25, 0.3) is 5.69 Å². The average molecular weight is 346 g/mol. The molecule has 3 rings (SSSR count). The van der Waals surface area contributed by atoms with E-state index in [0.29, 0.717) is 18.8 Å². The summed E-state index contributed by atoms with van der Waals surface area (Å²) in [6.45, 7) is 3.26. The molecule has 1 unspecified atom stereocenters. The van der Waals surface area contributed by atoms with Crippen molar-refractivity contribution in [1.82, 2.24) is 20.0 Å². The van der Waals surface area contributed by atoms with Gasteiger partial charge in [0.15, 0.2) is 0 Å². The van der Waals surface area contributed by atoms with E-state index in [1.165, 1.54) is 10.7 Å². The lowest BCUT2D eigenvalue weighted by atomic mass is 10.1. The van der Waals surface area contributed by atoms with Crippen molar-refractivity contribution < 1.29 is 13.9 Å². The normalized spacial score (nSPS) is 16.7. The first-order chi connectivity index (χ1) is 12.1. The summed E-state index contributed by atoms with van der Waals surface area (Å²) in [5.41, 5.74) is 1.21. The molecule has 1 aliphatic heterocycles. The SMILES string of the molecule is COC1CCN(C(=O)NC(C)c2cnn(-c3ccccc3F)c2)CC1. The zero-order valence-electron chi connectivity index (χ0n) is 14.5. The van der Waals surface area contributed by atoms with Gasteiger partial charge in [-0.25, -0.2) is 13.9 Å². The molecule has 6 nitrogen and oxygen atoms in total. The summed E-state index contributed by atoms with van der Waals surface area (Å²) in [6.07, 6.45) is 5.32. The molecule has 1 aromatic carbocycles. The van der Waals surface area contributed by atoms with Gasteiger partial charge in [0, 0.05) is 32.0 Å². The number of carbonyl (C=O) groups excluding carboxylic acids is 1. The number of nitrogens with zero attached hydrogens (tertiary/aromatic N) is 3. The third-order valence-electron chi connectivity index (χ3n) is 4.60. The van der Waals surface area contributed by atoms with Gasteiger partial charge >= 0.3 is 6.03 Å². The van der Waals surface area contributed by atoms with Crippen LogP contribution in [0.4, 0.5) is 9.18 Å². The van der Waals surface area contributed by atoms with Gasteiger partial charge in [-0.1, -0.05) is 12.1 Å². The molecule has 7 heteroatoms. The average Bonchev–Trinajstić information content (AvgIpc) is 3.12. The maximum Gasteiger partial charge on any atom is 0.317 e. The molecule has 134 valence electrons. The zero-order chi connectivity index (χ0) is 17.8. The van der Waals surface area contributed by atoms with Crippen molar-refractivity contribution in [2.75, 3.05) is 20.2 Å². The second-order valence-electron chi connectivity index (χ2n) is 6.26. The maximum atomic E-state index is 13.9. The van der Waals surface area contributed by atoms with Gasteiger partial charge in [0.05, 0.1) is 18.3 Å². The molecule has 1 aliphatic rings. The van der Waals surface area contributed by atoms with E-state index in [9.17, 15) is 9.18 Å². The first kappa shape index (κ1) is 17.4. The second-order valence-corrected chi connectivity index (χ2v) is 6.26. The Morgan fingerprint density at radius 1 is 1.36 bits per heavy atom. The van der Waals surface area contributed by atoms with E-state index in [2.05, 4.69) is 10.4 Å². The predicted molar refractivity (Wildman–Crippen MR) is 92.1 cm³/mol. The predicted octanol–water partition coefficient (Wildman–Crippen LogP) is 2.89. The molecule has 25 heavy (non-hydrogen) atoms. The summed E-state index contributed by atoms with van der Waals surface area (Å²) in [7, 11) is 1.70. The molecule has 1 atom stereocenters. The lowest BCUT2D eigenvalue weighted by Crippen LogP contribution is -2.46. The highest BCUT2D eigenvalue weighted by Crippen LogP contribution is 2.18. The van der Waals surface area contributed by atoms with E-state index < -0.39 is 0 Å². The van der Waals surface area contributed by atoms with Crippen molar-refractivity contribution in [2.45, 2.75) is 31.9 Å². The molecular weight excluding hydrogens is 323 g/mol. The fourth-order valence-electron chi connectivity index (χ4n) is 2.98. The number of hydrogen-bond donors (Lipinski definition) is 1. The van der Waals surface area contributed by atoms with Crippen LogP contribution in [-0.2, 0) is 4.74 Å². The zero-order valence-corrected chi connectivity index (χ0v) is 14.5. The van der Waals surface area contributed by atoms with Crippen molar-refractivity contribution in [2.24, 2.45) is 0 Å². The van der Waals surface area contributed by atoms with Crippen LogP contribution in [0.3, 0.4) is 0 Å². The number of amides is 2. The Balaban J connectivity index is 1.61. The molecule has 1 N–H and O–H groups in total. The number of urea groups is 1. The highest BCUT2D eigenvalue weighted by atomic mass is 19.1. The fraction of sp³-hybridized carbons (Fsp3) is 0.444. The van der Waals surface area contributed by atoms with Crippen LogP contribution in [0.2, 0.25) is 0 Å². The molecule has 1 aromatic heterocycles. The van der Waals surface area contributed by atoms with Crippen LogP contribution in [0.5, 0.6) is 0 Å². The number of halogens is 1. The van der Waals surface area contributed by atoms with Crippen molar-refractivity contribution in [3.63, 3.8) is 0 Å². The third-order valence-corrected chi connectivity index (χ3v) is 4.60. The number of likely N-dealkylation sites (tertiary alicyclic amines) is 1. The van der Waals surface area contributed by atoms with Gasteiger partial charge in [0.2, 0.25) is 0 Å². The van der Waals surface area contributed by atoms with Crippen molar-refractivity contribution in [1.29, 1.82) is 0 Å². The Hall–Kier alpha value is -2.41. The van der Waals surface area contributed by atoms with Crippen LogP contribution in [0.1, 0.15) is 31.4 Å². The van der Waals surface area contributed by atoms with Gasteiger partial charge in [-0.05, 0) is 31.9 Å². The molecule has 0 radical (unpaired) electrons. The molecule has 0 bridgehead atoms. The molecule has 2 aromatic rings. The van der Waals surface area contributed by atoms with Crippen LogP contribution in [-0.4, -0.2) is 47.0 Å². The molecular formula is C18H23FN4O2. The molecule has 0 spiro atoms. The molecule has 0 aliphatic carbocycles. The van der Waals surface area contributed by atoms with E-state index in [4.69, 9.17) is 4.74 Å². The number of aromatic nitrogens is 2. The van der Waals surface area contributed by atoms with Crippen molar-refractivity contribution in [3.05, 3.63) is 48.0 Å². The molecule has 0 saturated carbocycles. The van der Waals surface area contributed by atoms with Gasteiger partial charge < -0.3 is 15.0 Å². The maximum absolute atomic E-state index is 13.9. The second kappa shape index (κ2) is 7.65. The number of methoxy groups -OCH3 is 1. The summed E-state index contributed by atoms with van der Waals surface area (Å²) in [5.74, 6) is -0.338. The topological polar surface area (TPSA) is 59.4 Å². The lowest BCUT2D eigenvalue weighted by Gasteiger charge is -2.32. The van der Waals surface area contributed by atoms with Gasteiger partial charge in [-0.3, -0.25) is 0 Å². The first-order valence-corrected chi connectivity index (χ1v) is 8.46. The van der Waals surface area contributed by atoms with Crippen LogP contribution < -0.4 is 5.32 Å². The number of carbonyl (C=O) groups is 1. The summed E-state index contributed by atoms with van der Waals surface area (Å²) < 4.78 is 20.7. The Bertz CT molecular complexity index is 725. The van der Waals surface area contributed by atoms with Gasteiger partial charge in [-0.15, -0.1) is 0 Å². The number of nitrogens with one attached hydrogen (secondary N) is 1. The summed E-state index contributed by atoms with van der Waals surface area (Å²) >= 11 is 0. The number of ether oxygens (including phenoxy) is 1. The Kier molecular flexibility index (Phi) is 5.33. The summed E-state index contributed by atoms with van der Waals surface area (Å²) in [5, 5.41) is 7.18. The van der Waals surface area contributed by atoms with E-state index in [1.807, 2.05) is 6.92 Å². The Morgan fingerprint density at radius 3 is 2.76 bits per heavy atom. The van der Waals surface area contributed by atoms with Gasteiger partial charge in [-0.2, -0.15) is 5.10 Å². The highest BCUT2D eigenvalue weighted by Gasteiger charge is 2.24. The highest BCUT2D eigenvalue weighted by molar-refractivity contribution is 5.74. The monoisotopic (exact) mass is 346 g/mol. The minimum Gasteiger partial charge on any atom is -0.381 e. The van der Waals surface area contributed by atoms with Gasteiger partial charge in [0.25, 0.3) is 0 Å².